The molecule has 1 fully saturated rings. The van der Waals surface area contributed by atoms with Gasteiger partial charge in [-0.25, -0.2) is 4.79 Å². The summed E-state index contributed by atoms with van der Waals surface area (Å²) in [5, 5.41) is 6.57. The van der Waals surface area contributed by atoms with Gasteiger partial charge in [0.15, 0.2) is 0 Å². The van der Waals surface area contributed by atoms with Crippen LogP contribution in [0.5, 0.6) is 0 Å². The first kappa shape index (κ1) is 16.8. The molecule has 0 aliphatic heterocycles. The average molecular weight is 304 g/mol. The number of hydrogen-bond donors (Lipinski definition) is 2. The first-order chi connectivity index (χ1) is 10.6. The Labute approximate surface area is 133 Å². The third kappa shape index (κ3) is 5.02. The van der Waals surface area contributed by atoms with Gasteiger partial charge in [-0.05, 0) is 31.2 Å². The Morgan fingerprint density at radius 1 is 1.23 bits per heavy atom. The molecule has 4 nitrogen and oxygen atoms in total. The van der Waals surface area contributed by atoms with Gasteiger partial charge >= 0.3 is 6.09 Å². The highest BCUT2D eigenvalue weighted by Gasteiger charge is 2.31. The van der Waals surface area contributed by atoms with Crippen molar-refractivity contribution in [2.45, 2.75) is 64.8 Å². The first-order valence-electron chi connectivity index (χ1n) is 8.31. The van der Waals surface area contributed by atoms with Crippen molar-refractivity contribution in [3.05, 3.63) is 35.9 Å². The average Bonchev–Trinajstić information content (AvgIpc) is 2.50. The third-order valence-corrected chi connectivity index (χ3v) is 4.67. The maximum absolute atomic E-state index is 11.7. The monoisotopic (exact) mass is 304 g/mol. The molecule has 1 aliphatic rings. The Bertz CT molecular complexity index is 457. The van der Waals surface area contributed by atoms with Crippen LogP contribution >= 0.6 is 0 Å². The van der Waals surface area contributed by atoms with Crippen molar-refractivity contribution >= 4 is 6.09 Å². The number of hydrogen-bond acceptors (Lipinski definition) is 3. The standard InChI is InChI=1S/C18H28N2O2/c1-4-13(2)14(3)19-16-10-17(11-16)20-18(21)22-12-15-8-6-5-7-9-15/h5-9,13-14,16-17,19H,4,10-12H2,1-3H3,(H,20,21). The molecule has 1 aromatic rings. The Balaban J connectivity index is 1.60. The zero-order valence-electron chi connectivity index (χ0n) is 13.8. The summed E-state index contributed by atoms with van der Waals surface area (Å²) in [7, 11) is 0. The van der Waals surface area contributed by atoms with Crippen molar-refractivity contribution in [2.24, 2.45) is 5.92 Å². The normalized spacial score (nSPS) is 23.2. The lowest BCUT2D eigenvalue weighted by atomic mass is 9.85. The minimum atomic E-state index is -0.317. The van der Waals surface area contributed by atoms with E-state index in [2.05, 4.69) is 31.4 Å². The van der Waals surface area contributed by atoms with E-state index in [-0.39, 0.29) is 12.1 Å². The van der Waals surface area contributed by atoms with Crippen molar-refractivity contribution in [1.29, 1.82) is 0 Å². The molecule has 122 valence electrons. The fraction of sp³-hybridized carbons (Fsp3) is 0.611. The number of carbonyl (C=O) groups is 1. The Morgan fingerprint density at radius 3 is 2.55 bits per heavy atom. The lowest BCUT2D eigenvalue weighted by Crippen LogP contribution is -2.55. The van der Waals surface area contributed by atoms with Gasteiger partial charge in [0.1, 0.15) is 6.61 Å². The maximum Gasteiger partial charge on any atom is 0.407 e. The predicted molar refractivity (Wildman–Crippen MR) is 88.6 cm³/mol. The lowest BCUT2D eigenvalue weighted by Gasteiger charge is -2.39. The molecule has 4 heteroatoms. The number of ether oxygens (including phenoxy) is 1. The van der Waals surface area contributed by atoms with Crippen molar-refractivity contribution in [3.63, 3.8) is 0 Å². The van der Waals surface area contributed by atoms with Crippen LogP contribution in [0.25, 0.3) is 0 Å². The van der Waals surface area contributed by atoms with Gasteiger partial charge in [-0.3, -0.25) is 0 Å². The lowest BCUT2D eigenvalue weighted by molar-refractivity contribution is 0.123. The maximum atomic E-state index is 11.7. The highest BCUT2D eigenvalue weighted by molar-refractivity contribution is 5.67. The molecule has 2 unspecified atom stereocenters. The molecule has 0 aromatic heterocycles. The van der Waals surface area contributed by atoms with Gasteiger partial charge in [-0.2, -0.15) is 0 Å². The number of rotatable bonds is 7. The quantitative estimate of drug-likeness (QED) is 0.811. The van der Waals surface area contributed by atoms with Gasteiger partial charge in [0.05, 0.1) is 0 Å². The first-order valence-corrected chi connectivity index (χ1v) is 8.31. The van der Waals surface area contributed by atoms with Crippen LogP contribution in [0.1, 0.15) is 45.6 Å². The number of nitrogens with one attached hydrogen (secondary N) is 2. The number of alkyl carbamates (subject to hydrolysis) is 1. The molecule has 2 rings (SSSR count). The van der Waals surface area contributed by atoms with E-state index in [1.54, 1.807) is 0 Å². The van der Waals surface area contributed by atoms with Crippen LogP contribution in [0.4, 0.5) is 4.79 Å². The fourth-order valence-electron chi connectivity index (χ4n) is 2.69. The van der Waals surface area contributed by atoms with Crippen LogP contribution in [0, 0.1) is 5.92 Å². The van der Waals surface area contributed by atoms with Crippen LogP contribution in [0.15, 0.2) is 30.3 Å². The van der Waals surface area contributed by atoms with Gasteiger partial charge in [-0.15, -0.1) is 0 Å². The Hall–Kier alpha value is -1.55. The summed E-state index contributed by atoms with van der Waals surface area (Å²) in [5.41, 5.74) is 1.01. The number of benzene rings is 1. The topological polar surface area (TPSA) is 50.4 Å². The minimum absolute atomic E-state index is 0.241. The van der Waals surface area contributed by atoms with Gasteiger partial charge in [0.25, 0.3) is 0 Å². The molecule has 1 aromatic carbocycles. The Kier molecular flexibility index (Phi) is 6.25. The highest BCUT2D eigenvalue weighted by atomic mass is 16.5. The molecule has 22 heavy (non-hydrogen) atoms. The fourth-order valence-corrected chi connectivity index (χ4v) is 2.69. The molecular weight excluding hydrogens is 276 g/mol. The molecule has 1 saturated carbocycles. The molecule has 2 N–H and O–H groups in total. The number of carbonyl (C=O) groups excluding carboxylic acids is 1. The third-order valence-electron chi connectivity index (χ3n) is 4.67. The molecule has 1 amide bonds. The summed E-state index contributed by atoms with van der Waals surface area (Å²) in [4.78, 5) is 11.7. The van der Waals surface area contributed by atoms with Crippen LogP contribution in [-0.4, -0.2) is 24.2 Å². The zero-order chi connectivity index (χ0) is 15.9. The van der Waals surface area contributed by atoms with E-state index in [1.165, 1.54) is 6.42 Å². The second kappa shape index (κ2) is 8.18. The van der Waals surface area contributed by atoms with E-state index >= 15 is 0 Å². The van der Waals surface area contributed by atoms with Crippen LogP contribution in [0.2, 0.25) is 0 Å². The smallest absolute Gasteiger partial charge is 0.407 e. The summed E-state index contributed by atoms with van der Waals surface area (Å²) in [6, 6.07) is 11.0. The SMILES string of the molecule is CCC(C)C(C)NC1CC(NC(=O)OCc2ccccc2)C1. The van der Waals surface area contributed by atoms with Crippen molar-refractivity contribution < 1.29 is 9.53 Å². The van der Waals surface area contributed by atoms with Gasteiger partial charge < -0.3 is 15.4 Å². The van der Waals surface area contributed by atoms with Gasteiger partial charge in [0.2, 0.25) is 0 Å². The summed E-state index contributed by atoms with van der Waals surface area (Å²) in [6.07, 6.45) is 2.85. The van der Waals surface area contributed by atoms with E-state index in [0.29, 0.717) is 24.6 Å². The molecule has 0 radical (unpaired) electrons. The zero-order valence-corrected chi connectivity index (χ0v) is 13.8. The highest BCUT2D eigenvalue weighted by Crippen LogP contribution is 2.22. The predicted octanol–water partition coefficient (Wildman–Crippen LogP) is 3.47. The van der Waals surface area contributed by atoms with E-state index in [0.717, 1.165) is 18.4 Å². The van der Waals surface area contributed by atoms with Gasteiger partial charge in [0, 0.05) is 18.1 Å². The summed E-state index contributed by atoms with van der Waals surface area (Å²) < 4.78 is 5.24. The molecule has 0 heterocycles. The van der Waals surface area contributed by atoms with Crippen LogP contribution in [-0.2, 0) is 11.3 Å². The summed E-state index contributed by atoms with van der Waals surface area (Å²) in [6.45, 7) is 7.05. The second-order valence-corrected chi connectivity index (χ2v) is 6.41. The molecule has 0 bridgehead atoms. The summed E-state index contributed by atoms with van der Waals surface area (Å²) in [5.74, 6) is 0.683. The molecule has 1 aliphatic carbocycles. The minimum Gasteiger partial charge on any atom is -0.445 e. The molecular formula is C18H28N2O2. The van der Waals surface area contributed by atoms with Crippen LogP contribution in [0.3, 0.4) is 0 Å². The number of amides is 1. The molecule has 2 atom stereocenters. The molecule has 0 saturated heterocycles. The van der Waals surface area contributed by atoms with E-state index in [9.17, 15) is 4.79 Å². The van der Waals surface area contributed by atoms with Crippen LogP contribution < -0.4 is 10.6 Å². The van der Waals surface area contributed by atoms with Crippen molar-refractivity contribution in [1.82, 2.24) is 10.6 Å². The van der Waals surface area contributed by atoms with Crippen molar-refractivity contribution in [2.75, 3.05) is 0 Å². The second-order valence-electron chi connectivity index (χ2n) is 6.41. The summed E-state index contributed by atoms with van der Waals surface area (Å²) >= 11 is 0. The molecule has 0 spiro atoms. The Morgan fingerprint density at radius 2 is 1.91 bits per heavy atom. The largest absolute Gasteiger partial charge is 0.445 e. The van der Waals surface area contributed by atoms with Crippen molar-refractivity contribution in [3.8, 4) is 0 Å². The van der Waals surface area contributed by atoms with E-state index < -0.39 is 0 Å². The van der Waals surface area contributed by atoms with E-state index in [4.69, 9.17) is 4.74 Å². The van der Waals surface area contributed by atoms with E-state index in [1.807, 2.05) is 30.3 Å². The van der Waals surface area contributed by atoms with Gasteiger partial charge in [-0.1, -0.05) is 50.6 Å².